The molecule has 2 aromatic rings. The van der Waals surface area contributed by atoms with Crippen LogP contribution >= 0.6 is 0 Å². The van der Waals surface area contributed by atoms with Crippen LogP contribution in [-0.4, -0.2) is 69.5 Å². The Morgan fingerprint density at radius 1 is 0.970 bits per heavy atom. The summed E-state index contributed by atoms with van der Waals surface area (Å²) in [4.78, 5) is 14.4. The summed E-state index contributed by atoms with van der Waals surface area (Å²) in [6.07, 6.45) is 0.251. The Kier molecular flexibility index (Phi) is 7.09. The number of rotatable bonds is 7. The van der Waals surface area contributed by atoms with Gasteiger partial charge in [-0.05, 0) is 35.7 Å². The Labute approximate surface area is 195 Å². The van der Waals surface area contributed by atoms with Crippen molar-refractivity contribution in [2.24, 2.45) is 0 Å². The van der Waals surface area contributed by atoms with Gasteiger partial charge in [-0.3, -0.25) is 4.79 Å². The van der Waals surface area contributed by atoms with Crippen molar-refractivity contribution in [2.45, 2.75) is 31.1 Å². The van der Waals surface area contributed by atoms with Gasteiger partial charge < -0.3 is 19.1 Å². The summed E-state index contributed by atoms with van der Waals surface area (Å²) in [5.74, 6) is 2.15. The fourth-order valence-electron chi connectivity index (χ4n) is 3.87. The lowest BCUT2D eigenvalue weighted by atomic mass is 10.0. The van der Waals surface area contributed by atoms with Crippen LogP contribution in [0.2, 0.25) is 0 Å². The van der Waals surface area contributed by atoms with E-state index in [4.69, 9.17) is 14.2 Å². The monoisotopic (exact) mass is 474 g/mol. The second kappa shape index (κ2) is 10.0. The molecule has 0 atom stereocenters. The van der Waals surface area contributed by atoms with E-state index in [9.17, 15) is 13.2 Å². The van der Waals surface area contributed by atoms with E-state index in [-0.39, 0.29) is 36.9 Å². The molecule has 0 saturated carbocycles. The molecule has 178 valence electrons. The highest BCUT2D eigenvalue weighted by molar-refractivity contribution is 7.89. The minimum Gasteiger partial charge on any atom is -0.493 e. The van der Waals surface area contributed by atoms with Gasteiger partial charge in [-0.2, -0.15) is 4.31 Å². The van der Waals surface area contributed by atoms with Gasteiger partial charge in [0.05, 0.1) is 17.9 Å². The lowest BCUT2D eigenvalue weighted by Gasteiger charge is -2.34. The Morgan fingerprint density at radius 3 is 2.30 bits per heavy atom. The molecule has 1 saturated heterocycles. The number of piperazine rings is 1. The molecule has 0 radical (unpaired) electrons. The summed E-state index contributed by atoms with van der Waals surface area (Å²) in [7, 11) is -3.67. The molecule has 33 heavy (non-hydrogen) atoms. The summed E-state index contributed by atoms with van der Waals surface area (Å²) in [5.41, 5.74) is 1.24. The molecular weight excluding hydrogens is 444 g/mol. The zero-order valence-electron chi connectivity index (χ0n) is 19.0. The van der Waals surface area contributed by atoms with E-state index < -0.39 is 10.0 Å². The number of hydrogen-bond donors (Lipinski definition) is 0. The van der Waals surface area contributed by atoms with Crippen LogP contribution in [-0.2, 0) is 14.8 Å². The fraction of sp³-hybridized carbons (Fsp3) is 0.458. The van der Waals surface area contributed by atoms with Gasteiger partial charge in [0.15, 0.2) is 11.5 Å². The number of fused-ring (bicyclic) bond motifs is 1. The fourth-order valence-corrected chi connectivity index (χ4v) is 5.31. The first-order chi connectivity index (χ1) is 15.8. The van der Waals surface area contributed by atoms with Gasteiger partial charge in [0.25, 0.3) is 0 Å². The van der Waals surface area contributed by atoms with E-state index in [1.165, 1.54) is 22.0 Å². The molecule has 2 aliphatic heterocycles. The van der Waals surface area contributed by atoms with Gasteiger partial charge in [0, 0.05) is 32.2 Å². The Hall–Kier alpha value is -2.78. The van der Waals surface area contributed by atoms with Crippen molar-refractivity contribution in [3.8, 4) is 17.2 Å². The SMILES string of the molecule is CC(C)c1ccc(OCCC(=O)N2CCN(S(=O)(=O)c3ccc4c(c3)OCCO4)CC2)cc1. The zero-order chi connectivity index (χ0) is 23.4. The van der Waals surface area contributed by atoms with E-state index in [1.54, 1.807) is 11.0 Å². The zero-order valence-corrected chi connectivity index (χ0v) is 19.8. The first-order valence-corrected chi connectivity index (χ1v) is 12.7. The van der Waals surface area contributed by atoms with E-state index in [0.717, 1.165) is 5.75 Å². The maximum Gasteiger partial charge on any atom is 0.243 e. The van der Waals surface area contributed by atoms with Crippen LogP contribution in [0.3, 0.4) is 0 Å². The van der Waals surface area contributed by atoms with Gasteiger partial charge in [0.1, 0.15) is 19.0 Å². The van der Waals surface area contributed by atoms with Gasteiger partial charge in [-0.15, -0.1) is 0 Å². The summed E-state index contributed by atoms with van der Waals surface area (Å²) < 4.78 is 44.2. The highest BCUT2D eigenvalue weighted by atomic mass is 32.2. The summed E-state index contributed by atoms with van der Waals surface area (Å²) >= 11 is 0. The summed E-state index contributed by atoms with van der Waals surface area (Å²) in [5, 5.41) is 0. The maximum atomic E-state index is 13.1. The van der Waals surface area contributed by atoms with Crippen molar-refractivity contribution in [3.05, 3.63) is 48.0 Å². The number of ether oxygens (including phenoxy) is 3. The van der Waals surface area contributed by atoms with Crippen LogP contribution in [0.25, 0.3) is 0 Å². The molecule has 0 aromatic heterocycles. The molecule has 0 spiro atoms. The number of carbonyl (C=O) groups is 1. The van der Waals surface area contributed by atoms with Crippen LogP contribution in [0.15, 0.2) is 47.4 Å². The number of hydrogen-bond acceptors (Lipinski definition) is 6. The molecule has 0 unspecified atom stereocenters. The molecule has 4 rings (SSSR count). The highest BCUT2D eigenvalue weighted by Gasteiger charge is 2.31. The molecule has 2 aliphatic rings. The van der Waals surface area contributed by atoms with Crippen LogP contribution in [0, 0.1) is 0 Å². The van der Waals surface area contributed by atoms with Crippen LogP contribution in [0.1, 0.15) is 31.7 Å². The first kappa shape index (κ1) is 23.4. The Morgan fingerprint density at radius 2 is 1.64 bits per heavy atom. The predicted octanol–water partition coefficient (Wildman–Crippen LogP) is 2.88. The number of carbonyl (C=O) groups excluding carboxylic acids is 1. The van der Waals surface area contributed by atoms with Crippen molar-refractivity contribution >= 4 is 15.9 Å². The molecule has 2 aromatic carbocycles. The third-order valence-corrected chi connectivity index (χ3v) is 7.77. The van der Waals surface area contributed by atoms with E-state index in [0.29, 0.717) is 43.7 Å². The molecule has 1 amide bonds. The number of amides is 1. The van der Waals surface area contributed by atoms with Crippen molar-refractivity contribution in [1.29, 1.82) is 0 Å². The van der Waals surface area contributed by atoms with E-state index in [1.807, 2.05) is 24.3 Å². The number of benzene rings is 2. The smallest absolute Gasteiger partial charge is 0.243 e. The molecule has 1 fully saturated rings. The number of nitrogens with zero attached hydrogens (tertiary/aromatic N) is 2. The standard InChI is InChI=1S/C24H30N2O6S/c1-18(2)19-3-5-20(6-4-19)30-14-9-24(27)25-10-12-26(13-11-25)33(28,29)21-7-8-22-23(17-21)32-16-15-31-22/h3-8,17-18H,9-16H2,1-2H3. The van der Waals surface area contributed by atoms with Crippen LogP contribution < -0.4 is 14.2 Å². The van der Waals surface area contributed by atoms with Gasteiger partial charge >= 0.3 is 0 Å². The van der Waals surface area contributed by atoms with Crippen molar-refractivity contribution < 1.29 is 27.4 Å². The minimum absolute atomic E-state index is 0.0369. The Balaban J connectivity index is 1.27. The molecule has 8 nitrogen and oxygen atoms in total. The molecular formula is C24H30N2O6S. The molecule has 2 heterocycles. The number of sulfonamides is 1. The van der Waals surface area contributed by atoms with Gasteiger partial charge in [-0.25, -0.2) is 8.42 Å². The maximum absolute atomic E-state index is 13.1. The van der Waals surface area contributed by atoms with Crippen molar-refractivity contribution in [3.63, 3.8) is 0 Å². The third-order valence-electron chi connectivity index (χ3n) is 5.87. The average Bonchev–Trinajstić information content (AvgIpc) is 2.84. The molecule has 9 heteroatoms. The second-order valence-corrected chi connectivity index (χ2v) is 10.4. The average molecular weight is 475 g/mol. The van der Waals surface area contributed by atoms with Crippen LogP contribution in [0.4, 0.5) is 0 Å². The molecule has 0 bridgehead atoms. The van der Waals surface area contributed by atoms with Crippen molar-refractivity contribution in [1.82, 2.24) is 9.21 Å². The second-order valence-electron chi connectivity index (χ2n) is 8.41. The molecule has 0 N–H and O–H groups in total. The largest absolute Gasteiger partial charge is 0.493 e. The van der Waals surface area contributed by atoms with Gasteiger partial charge in [0.2, 0.25) is 15.9 Å². The lowest BCUT2D eigenvalue weighted by Crippen LogP contribution is -2.50. The van der Waals surface area contributed by atoms with Crippen LogP contribution in [0.5, 0.6) is 17.2 Å². The van der Waals surface area contributed by atoms with E-state index in [2.05, 4.69) is 13.8 Å². The first-order valence-electron chi connectivity index (χ1n) is 11.2. The minimum atomic E-state index is -3.67. The summed E-state index contributed by atoms with van der Waals surface area (Å²) in [6.45, 7) is 6.60. The normalized spacial score (nSPS) is 16.6. The van der Waals surface area contributed by atoms with Gasteiger partial charge in [-0.1, -0.05) is 26.0 Å². The Bertz CT molecular complexity index is 1080. The topological polar surface area (TPSA) is 85.4 Å². The van der Waals surface area contributed by atoms with E-state index >= 15 is 0 Å². The summed E-state index contributed by atoms with van der Waals surface area (Å²) in [6, 6.07) is 12.6. The molecule has 0 aliphatic carbocycles. The third kappa shape index (κ3) is 5.42. The highest BCUT2D eigenvalue weighted by Crippen LogP contribution is 2.33. The van der Waals surface area contributed by atoms with Crippen molar-refractivity contribution in [2.75, 3.05) is 46.0 Å². The quantitative estimate of drug-likeness (QED) is 0.614. The lowest BCUT2D eigenvalue weighted by molar-refractivity contribution is -0.132. The predicted molar refractivity (Wildman–Crippen MR) is 123 cm³/mol.